The van der Waals surface area contributed by atoms with Gasteiger partial charge in [-0.05, 0) is 37.6 Å². The number of hydrogen-bond donors (Lipinski definition) is 0. The molecule has 0 spiro atoms. The summed E-state index contributed by atoms with van der Waals surface area (Å²) in [5, 5.41) is 4.18. The van der Waals surface area contributed by atoms with E-state index in [1.54, 1.807) is 6.20 Å². The van der Waals surface area contributed by atoms with Gasteiger partial charge in [0, 0.05) is 37.6 Å². The summed E-state index contributed by atoms with van der Waals surface area (Å²) in [6.45, 7) is 3.73. The number of ether oxygens (including phenoxy) is 1. The molecule has 1 unspecified atom stereocenters. The van der Waals surface area contributed by atoms with Crippen LogP contribution in [0.25, 0.3) is 0 Å². The van der Waals surface area contributed by atoms with E-state index in [9.17, 15) is 13.2 Å². The van der Waals surface area contributed by atoms with Gasteiger partial charge in [0.2, 0.25) is 5.88 Å². The van der Waals surface area contributed by atoms with E-state index in [0.29, 0.717) is 0 Å². The molecule has 3 heterocycles. The lowest BCUT2D eigenvalue weighted by atomic mass is 9.99. The summed E-state index contributed by atoms with van der Waals surface area (Å²) in [4.78, 5) is 6.06. The fraction of sp³-hybridized carbons (Fsp3) is 0.529. The van der Waals surface area contributed by atoms with Gasteiger partial charge in [-0.25, -0.2) is 4.98 Å². The lowest BCUT2D eigenvalue weighted by molar-refractivity contribution is -0.139. The monoisotopic (exact) mass is 354 g/mol. The summed E-state index contributed by atoms with van der Waals surface area (Å²) in [5.74, 6) is -0.127. The molecule has 1 atom stereocenters. The number of hydrogen-bond acceptors (Lipinski definition) is 4. The quantitative estimate of drug-likeness (QED) is 0.800. The predicted molar refractivity (Wildman–Crippen MR) is 86.1 cm³/mol. The lowest BCUT2D eigenvalue weighted by Gasteiger charge is -2.32. The molecule has 136 valence electrons. The molecule has 2 aromatic rings. The van der Waals surface area contributed by atoms with E-state index in [0.717, 1.165) is 45.1 Å². The van der Waals surface area contributed by atoms with Crippen LogP contribution >= 0.6 is 0 Å². The third-order valence-electron chi connectivity index (χ3n) is 4.34. The number of halogens is 3. The van der Waals surface area contributed by atoms with Crippen LogP contribution in [-0.2, 0) is 12.7 Å². The van der Waals surface area contributed by atoms with Gasteiger partial charge in [0.05, 0.1) is 13.2 Å². The van der Waals surface area contributed by atoms with Gasteiger partial charge < -0.3 is 9.64 Å². The maximum Gasteiger partial charge on any atom is 0.421 e. The van der Waals surface area contributed by atoms with Gasteiger partial charge in [-0.3, -0.25) is 4.68 Å². The highest BCUT2D eigenvalue weighted by atomic mass is 19.4. The average molecular weight is 354 g/mol. The minimum absolute atomic E-state index is 0.203. The first-order valence-electron chi connectivity index (χ1n) is 8.37. The third-order valence-corrected chi connectivity index (χ3v) is 4.34. The Morgan fingerprint density at radius 2 is 2.08 bits per heavy atom. The molecular formula is C17H21F3N4O. The fourth-order valence-electron chi connectivity index (χ4n) is 3.09. The Morgan fingerprint density at radius 1 is 1.20 bits per heavy atom. The fourth-order valence-corrected chi connectivity index (χ4v) is 3.09. The van der Waals surface area contributed by atoms with Crippen LogP contribution in [0.3, 0.4) is 0 Å². The Bertz CT molecular complexity index is 660. The van der Waals surface area contributed by atoms with Crippen molar-refractivity contribution in [1.29, 1.82) is 0 Å². The van der Waals surface area contributed by atoms with Gasteiger partial charge in [0.25, 0.3) is 0 Å². The number of pyridine rings is 1. The van der Waals surface area contributed by atoms with Crippen molar-refractivity contribution in [3.05, 3.63) is 42.4 Å². The molecule has 1 fully saturated rings. The molecular weight excluding hydrogens is 333 g/mol. The van der Waals surface area contributed by atoms with Crippen LogP contribution in [-0.4, -0.2) is 45.9 Å². The molecule has 8 heteroatoms. The molecule has 25 heavy (non-hydrogen) atoms. The minimum Gasteiger partial charge on any atom is -0.477 e. The second-order valence-corrected chi connectivity index (χ2v) is 6.24. The van der Waals surface area contributed by atoms with Crippen molar-refractivity contribution in [1.82, 2.24) is 19.7 Å². The standard InChI is InChI=1S/C17H21F3N4O/c18-17(19,20)15-5-1-6-21-16(15)25-13-14-4-2-8-23(12-14)10-11-24-9-3-7-22-24/h1,3,5-7,9,14H,2,4,8,10-13H2. The van der Waals surface area contributed by atoms with Crippen molar-refractivity contribution < 1.29 is 17.9 Å². The molecule has 0 amide bonds. The van der Waals surface area contributed by atoms with Gasteiger partial charge >= 0.3 is 6.18 Å². The first-order chi connectivity index (χ1) is 12.0. The summed E-state index contributed by atoms with van der Waals surface area (Å²) in [6.07, 6.45) is 2.50. The molecule has 0 radical (unpaired) electrons. The van der Waals surface area contributed by atoms with E-state index in [2.05, 4.69) is 15.0 Å². The summed E-state index contributed by atoms with van der Waals surface area (Å²) in [6, 6.07) is 4.16. The molecule has 0 bridgehead atoms. The first-order valence-corrected chi connectivity index (χ1v) is 8.37. The van der Waals surface area contributed by atoms with Crippen molar-refractivity contribution >= 4 is 0 Å². The number of nitrogens with zero attached hydrogens (tertiary/aromatic N) is 4. The van der Waals surface area contributed by atoms with Crippen LogP contribution in [0.15, 0.2) is 36.8 Å². The maximum atomic E-state index is 13.0. The zero-order chi connectivity index (χ0) is 17.7. The highest BCUT2D eigenvalue weighted by Gasteiger charge is 2.35. The van der Waals surface area contributed by atoms with Gasteiger partial charge in [-0.2, -0.15) is 18.3 Å². The van der Waals surface area contributed by atoms with Crippen LogP contribution in [0.5, 0.6) is 5.88 Å². The highest BCUT2D eigenvalue weighted by molar-refractivity contribution is 5.28. The predicted octanol–water partition coefficient (Wildman–Crippen LogP) is 3.09. The van der Waals surface area contributed by atoms with Crippen molar-refractivity contribution in [2.45, 2.75) is 25.6 Å². The Hall–Kier alpha value is -2.09. The molecule has 3 rings (SSSR count). The molecule has 1 saturated heterocycles. The summed E-state index contributed by atoms with van der Waals surface area (Å²) in [7, 11) is 0. The van der Waals surface area contributed by atoms with E-state index >= 15 is 0 Å². The average Bonchev–Trinajstić information content (AvgIpc) is 3.12. The molecule has 5 nitrogen and oxygen atoms in total. The van der Waals surface area contributed by atoms with E-state index in [1.807, 2.05) is 16.9 Å². The number of aromatic nitrogens is 3. The van der Waals surface area contributed by atoms with Gasteiger partial charge in [-0.1, -0.05) is 0 Å². The molecule has 0 saturated carbocycles. The molecule has 1 aliphatic rings. The van der Waals surface area contributed by atoms with Crippen molar-refractivity contribution in [2.75, 3.05) is 26.2 Å². The van der Waals surface area contributed by atoms with Crippen LogP contribution in [0.4, 0.5) is 13.2 Å². The Morgan fingerprint density at radius 3 is 2.84 bits per heavy atom. The smallest absolute Gasteiger partial charge is 0.421 e. The first kappa shape index (κ1) is 17.7. The Balaban J connectivity index is 1.51. The van der Waals surface area contributed by atoms with Crippen LogP contribution < -0.4 is 4.74 Å². The number of likely N-dealkylation sites (tertiary alicyclic amines) is 1. The van der Waals surface area contributed by atoms with Crippen LogP contribution in [0, 0.1) is 5.92 Å². The minimum atomic E-state index is -4.45. The molecule has 0 N–H and O–H groups in total. The zero-order valence-electron chi connectivity index (χ0n) is 13.8. The summed E-state index contributed by atoms with van der Waals surface area (Å²) in [5.41, 5.74) is -0.818. The van der Waals surface area contributed by atoms with E-state index in [-0.39, 0.29) is 18.4 Å². The van der Waals surface area contributed by atoms with Gasteiger partial charge in [0.1, 0.15) is 5.56 Å². The normalized spacial score (nSPS) is 19.1. The maximum absolute atomic E-state index is 13.0. The van der Waals surface area contributed by atoms with E-state index in [1.165, 1.54) is 12.3 Å². The molecule has 1 aliphatic heterocycles. The van der Waals surface area contributed by atoms with E-state index < -0.39 is 11.7 Å². The molecule has 2 aromatic heterocycles. The zero-order valence-corrected chi connectivity index (χ0v) is 13.8. The SMILES string of the molecule is FC(F)(F)c1cccnc1OCC1CCCN(CCn2cccn2)C1. The lowest BCUT2D eigenvalue weighted by Crippen LogP contribution is -2.39. The number of rotatable bonds is 6. The topological polar surface area (TPSA) is 43.2 Å². The van der Waals surface area contributed by atoms with Gasteiger partial charge in [-0.15, -0.1) is 0 Å². The molecule has 0 aliphatic carbocycles. The summed E-state index contributed by atoms with van der Waals surface area (Å²) < 4.78 is 46.2. The van der Waals surface area contributed by atoms with Crippen molar-refractivity contribution in [2.24, 2.45) is 5.92 Å². The van der Waals surface area contributed by atoms with E-state index in [4.69, 9.17) is 4.74 Å². The van der Waals surface area contributed by atoms with Crippen molar-refractivity contribution in [3.8, 4) is 5.88 Å². The largest absolute Gasteiger partial charge is 0.477 e. The number of piperidine rings is 1. The molecule has 0 aromatic carbocycles. The van der Waals surface area contributed by atoms with Gasteiger partial charge in [0.15, 0.2) is 0 Å². The number of alkyl halides is 3. The summed E-state index contributed by atoms with van der Waals surface area (Å²) >= 11 is 0. The Labute approximate surface area is 144 Å². The third kappa shape index (κ3) is 4.94. The van der Waals surface area contributed by atoms with Crippen LogP contribution in [0.2, 0.25) is 0 Å². The highest BCUT2D eigenvalue weighted by Crippen LogP contribution is 2.34. The second kappa shape index (κ2) is 7.86. The second-order valence-electron chi connectivity index (χ2n) is 6.24. The Kier molecular flexibility index (Phi) is 5.57. The van der Waals surface area contributed by atoms with Crippen LogP contribution in [0.1, 0.15) is 18.4 Å². The van der Waals surface area contributed by atoms with Crippen molar-refractivity contribution in [3.63, 3.8) is 0 Å².